The number of anilines is 1. The van der Waals surface area contributed by atoms with Gasteiger partial charge in [-0.3, -0.25) is 9.78 Å². The molecule has 0 radical (unpaired) electrons. The van der Waals surface area contributed by atoms with Gasteiger partial charge >= 0.3 is 0 Å². The van der Waals surface area contributed by atoms with Crippen LogP contribution in [0.1, 0.15) is 23.8 Å². The average molecular weight is 341 g/mol. The van der Waals surface area contributed by atoms with E-state index < -0.39 is 0 Å². The van der Waals surface area contributed by atoms with Gasteiger partial charge in [-0.25, -0.2) is 9.97 Å². The van der Waals surface area contributed by atoms with Crippen LogP contribution in [0.3, 0.4) is 0 Å². The third-order valence-electron chi connectivity index (χ3n) is 3.84. The van der Waals surface area contributed by atoms with Crippen LogP contribution in [0, 0.1) is 13.8 Å². The van der Waals surface area contributed by atoms with Gasteiger partial charge in [-0.05, 0) is 38.5 Å². The fraction of sp³-hybridized carbons (Fsp3) is 0.294. The van der Waals surface area contributed by atoms with Gasteiger partial charge in [0.15, 0.2) is 5.82 Å². The number of nitrogens with one attached hydrogen (secondary N) is 1. The lowest BCUT2D eigenvalue weighted by Gasteiger charge is -2.15. The van der Waals surface area contributed by atoms with Crippen LogP contribution in [0.2, 0.25) is 0 Å². The molecule has 1 amide bonds. The predicted molar refractivity (Wildman–Crippen MR) is 97.0 cm³/mol. The molecule has 0 aliphatic carbocycles. The van der Waals surface area contributed by atoms with Crippen molar-refractivity contribution in [2.24, 2.45) is 5.73 Å². The van der Waals surface area contributed by atoms with Crippen LogP contribution in [0.5, 0.6) is 0 Å². The average Bonchev–Trinajstić information content (AvgIpc) is 2.82. The van der Waals surface area contributed by atoms with E-state index in [9.17, 15) is 4.79 Å². The number of carbonyl (C=O) groups is 1. The molecular weight excluding hydrogens is 322 g/mol. The molecule has 3 aromatic heterocycles. The molecule has 0 bridgehead atoms. The lowest BCUT2D eigenvalue weighted by atomic mass is 10.1. The van der Waals surface area contributed by atoms with Crippen LogP contribution in [-0.4, -0.2) is 26.9 Å². The first-order valence-corrected chi connectivity index (χ1v) is 8.50. The fourth-order valence-electron chi connectivity index (χ4n) is 2.56. The molecule has 0 aliphatic rings. The fourth-order valence-corrected chi connectivity index (χ4v) is 3.59. The van der Waals surface area contributed by atoms with Gasteiger partial charge in [-0.2, -0.15) is 0 Å². The number of fused-ring (bicyclic) bond motifs is 1. The second kappa shape index (κ2) is 6.52. The molecular formula is C17H19N5OS. The van der Waals surface area contributed by atoms with Crippen LogP contribution in [0.25, 0.3) is 21.6 Å². The summed E-state index contributed by atoms with van der Waals surface area (Å²) in [6, 6.07) is 3.68. The third-order valence-corrected chi connectivity index (χ3v) is 4.94. The summed E-state index contributed by atoms with van der Waals surface area (Å²) in [6.07, 6.45) is 3.70. The van der Waals surface area contributed by atoms with E-state index in [0.717, 1.165) is 27.2 Å². The highest BCUT2D eigenvalue weighted by Gasteiger charge is 2.17. The number of thiophene rings is 1. The minimum Gasteiger partial charge on any atom is -0.370 e. The molecule has 3 aromatic rings. The molecule has 3 rings (SSSR count). The van der Waals surface area contributed by atoms with Crippen LogP contribution < -0.4 is 11.1 Å². The van der Waals surface area contributed by atoms with E-state index in [1.807, 2.05) is 19.1 Å². The smallest absolute Gasteiger partial charge is 0.219 e. The first kappa shape index (κ1) is 16.3. The Morgan fingerprint density at radius 3 is 2.83 bits per heavy atom. The molecule has 124 valence electrons. The number of rotatable bonds is 5. The number of aromatic nitrogens is 3. The van der Waals surface area contributed by atoms with Gasteiger partial charge in [0, 0.05) is 35.3 Å². The van der Waals surface area contributed by atoms with Gasteiger partial charge in [0.25, 0.3) is 0 Å². The Bertz CT molecular complexity index is 891. The number of hydrogen-bond donors (Lipinski definition) is 2. The van der Waals surface area contributed by atoms with Crippen molar-refractivity contribution < 1.29 is 4.79 Å². The molecule has 24 heavy (non-hydrogen) atoms. The van der Waals surface area contributed by atoms with Gasteiger partial charge in [-0.1, -0.05) is 0 Å². The highest BCUT2D eigenvalue weighted by Crippen LogP contribution is 2.35. The normalized spacial score (nSPS) is 12.3. The van der Waals surface area contributed by atoms with Gasteiger partial charge in [0.2, 0.25) is 5.91 Å². The van der Waals surface area contributed by atoms with Crippen LogP contribution in [-0.2, 0) is 4.79 Å². The molecule has 0 saturated heterocycles. The van der Waals surface area contributed by atoms with E-state index in [0.29, 0.717) is 5.82 Å². The number of nitrogens with two attached hydrogens (primary N) is 1. The van der Waals surface area contributed by atoms with Crippen molar-refractivity contribution in [3.8, 4) is 11.4 Å². The second-order valence-corrected chi connectivity index (χ2v) is 7.02. The highest BCUT2D eigenvalue weighted by atomic mass is 32.1. The van der Waals surface area contributed by atoms with Gasteiger partial charge < -0.3 is 11.1 Å². The summed E-state index contributed by atoms with van der Waals surface area (Å²) in [5.41, 5.74) is 7.31. The van der Waals surface area contributed by atoms with E-state index in [4.69, 9.17) is 10.7 Å². The van der Waals surface area contributed by atoms with E-state index >= 15 is 0 Å². The molecule has 0 fully saturated rings. The van der Waals surface area contributed by atoms with Crippen molar-refractivity contribution in [2.45, 2.75) is 33.2 Å². The Morgan fingerprint density at radius 2 is 2.17 bits per heavy atom. The highest BCUT2D eigenvalue weighted by molar-refractivity contribution is 7.18. The number of pyridine rings is 1. The van der Waals surface area contributed by atoms with Crippen molar-refractivity contribution in [3.05, 3.63) is 35.0 Å². The zero-order valence-electron chi connectivity index (χ0n) is 13.8. The first-order chi connectivity index (χ1) is 11.5. The molecule has 0 aliphatic heterocycles. The molecule has 1 atom stereocenters. The van der Waals surface area contributed by atoms with Crippen LogP contribution in [0.4, 0.5) is 5.82 Å². The molecule has 3 N–H and O–H groups in total. The maximum Gasteiger partial charge on any atom is 0.219 e. The first-order valence-electron chi connectivity index (χ1n) is 7.68. The monoisotopic (exact) mass is 341 g/mol. The van der Waals surface area contributed by atoms with E-state index in [1.54, 1.807) is 23.7 Å². The number of nitrogens with zero attached hydrogens (tertiary/aromatic N) is 3. The van der Waals surface area contributed by atoms with Gasteiger partial charge in [0.05, 0.1) is 5.39 Å². The maximum absolute atomic E-state index is 11.2. The summed E-state index contributed by atoms with van der Waals surface area (Å²) in [6.45, 7) is 6.05. The third kappa shape index (κ3) is 3.21. The number of hydrogen-bond acceptors (Lipinski definition) is 6. The minimum absolute atomic E-state index is 0.109. The van der Waals surface area contributed by atoms with Crippen LogP contribution in [0.15, 0.2) is 24.5 Å². The summed E-state index contributed by atoms with van der Waals surface area (Å²) in [7, 11) is 0. The molecule has 7 heteroatoms. The topological polar surface area (TPSA) is 93.8 Å². The molecule has 1 unspecified atom stereocenters. The number of amides is 1. The van der Waals surface area contributed by atoms with Gasteiger partial charge in [-0.15, -0.1) is 11.3 Å². The summed E-state index contributed by atoms with van der Waals surface area (Å²) < 4.78 is 0. The molecule has 3 heterocycles. The zero-order valence-corrected chi connectivity index (χ0v) is 14.6. The zero-order chi connectivity index (χ0) is 17.3. The summed E-state index contributed by atoms with van der Waals surface area (Å²) in [5, 5.41) is 4.32. The molecule has 6 nitrogen and oxygen atoms in total. The Kier molecular flexibility index (Phi) is 4.44. The lowest BCUT2D eigenvalue weighted by molar-refractivity contribution is -0.118. The SMILES string of the molecule is Cc1sc2nc(-c3cccnc3)nc(NC(C)CC(N)=O)c2c1C. The standard InChI is InChI=1S/C17H19N5OS/c1-9(7-13(18)23)20-16-14-10(2)11(3)24-17(14)22-15(21-16)12-5-4-6-19-8-12/h4-6,8-9H,7H2,1-3H3,(H2,18,23)(H,20,21,22). The van der Waals surface area contributed by atoms with E-state index in [2.05, 4.69) is 29.1 Å². The molecule has 0 spiro atoms. The molecule has 0 saturated carbocycles. The lowest BCUT2D eigenvalue weighted by Crippen LogP contribution is -2.24. The van der Waals surface area contributed by atoms with Crippen LogP contribution >= 0.6 is 11.3 Å². The van der Waals surface area contributed by atoms with Crippen molar-refractivity contribution in [3.63, 3.8) is 0 Å². The number of aryl methyl sites for hydroxylation is 2. The van der Waals surface area contributed by atoms with Crippen molar-refractivity contribution >= 4 is 33.3 Å². The Balaban J connectivity index is 2.12. The Labute approximate surface area is 144 Å². The Morgan fingerprint density at radius 1 is 1.38 bits per heavy atom. The summed E-state index contributed by atoms with van der Waals surface area (Å²) in [4.78, 5) is 26.8. The van der Waals surface area contributed by atoms with Crippen molar-refractivity contribution in [1.29, 1.82) is 0 Å². The predicted octanol–water partition coefficient (Wildman–Crippen LogP) is 3.05. The summed E-state index contributed by atoms with van der Waals surface area (Å²) in [5.74, 6) is 1.01. The summed E-state index contributed by atoms with van der Waals surface area (Å²) >= 11 is 1.64. The quantitative estimate of drug-likeness (QED) is 0.744. The number of carbonyl (C=O) groups excluding carboxylic acids is 1. The Hall–Kier alpha value is -2.54. The van der Waals surface area contributed by atoms with Crippen molar-refractivity contribution in [2.75, 3.05) is 5.32 Å². The van der Waals surface area contributed by atoms with Gasteiger partial charge in [0.1, 0.15) is 10.6 Å². The maximum atomic E-state index is 11.2. The number of primary amides is 1. The largest absolute Gasteiger partial charge is 0.370 e. The van der Waals surface area contributed by atoms with E-state index in [1.165, 1.54) is 4.88 Å². The van der Waals surface area contributed by atoms with E-state index in [-0.39, 0.29) is 18.4 Å². The van der Waals surface area contributed by atoms with Crippen molar-refractivity contribution in [1.82, 2.24) is 15.0 Å². The minimum atomic E-state index is -0.342. The molecule has 0 aromatic carbocycles. The second-order valence-electron chi connectivity index (χ2n) is 5.82.